The van der Waals surface area contributed by atoms with Gasteiger partial charge >= 0.3 is 0 Å². The Labute approximate surface area is 96.0 Å². The molecule has 0 fully saturated rings. The van der Waals surface area contributed by atoms with E-state index in [9.17, 15) is 0 Å². The fourth-order valence-corrected chi connectivity index (χ4v) is 1.84. The number of fused-ring (bicyclic) bond motifs is 1. The van der Waals surface area contributed by atoms with E-state index in [0.29, 0.717) is 6.54 Å². The van der Waals surface area contributed by atoms with Crippen molar-refractivity contribution < 1.29 is 4.74 Å². The Bertz CT molecular complexity index is 489. The molecular weight excluding hydrogens is 198 g/mol. The van der Waals surface area contributed by atoms with E-state index in [0.717, 1.165) is 5.56 Å². The van der Waals surface area contributed by atoms with Gasteiger partial charge in [-0.3, -0.25) is 0 Å². The molecule has 0 aliphatic rings. The van der Waals surface area contributed by atoms with Gasteiger partial charge in [-0.05, 0) is 29.3 Å². The second kappa shape index (κ2) is 4.24. The van der Waals surface area contributed by atoms with E-state index in [1.807, 2.05) is 19.1 Å². The molecule has 2 aromatic carbocycles. The summed E-state index contributed by atoms with van der Waals surface area (Å²) in [4.78, 5) is 0. The van der Waals surface area contributed by atoms with Crippen molar-refractivity contribution in [3.63, 3.8) is 0 Å². The number of hydrogen-bond donors (Lipinski definition) is 1. The molecule has 0 saturated heterocycles. The maximum absolute atomic E-state index is 5.77. The van der Waals surface area contributed by atoms with Crippen LogP contribution in [0.15, 0.2) is 42.5 Å². The molecule has 0 aromatic heterocycles. The molecule has 0 radical (unpaired) electrons. The number of ether oxygens (including phenoxy) is 1. The van der Waals surface area contributed by atoms with Crippen molar-refractivity contribution in [1.82, 2.24) is 0 Å². The van der Waals surface area contributed by atoms with Gasteiger partial charge < -0.3 is 10.5 Å². The van der Waals surface area contributed by atoms with Gasteiger partial charge in [-0.1, -0.05) is 36.4 Å². The molecule has 84 valence electrons. The summed E-state index contributed by atoms with van der Waals surface area (Å²) in [5.74, 6) is 0. The molecule has 0 saturated carbocycles. The predicted octanol–water partition coefficient (Wildman–Crippen LogP) is 2.66. The zero-order valence-corrected chi connectivity index (χ0v) is 9.73. The third-order valence-corrected chi connectivity index (χ3v) is 3.20. The number of benzene rings is 2. The van der Waals surface area contributed by atoms with Crippen LogP contribution in [-0.4, -0.2) is 13.7 Å². The first-order chi connectivity index (χ1) is 7.69. The lowest BCUT2D eigenvalue weighted by Gasteiger charge is -2.27. The molecule has 2 heteroatoms. The Morgan fingerprint density at radius 3 is 2.44 bits per heavy atom. The SMILES string of the molecule is COC(C)(CN)c1ccc2ccccc2c1. The van der Waals surface area contributed by atoms with Crippen molar-refractivity contribution in [2.75, 3.05) is 13.7 Å². The molecule has 2 N–H and O–H groups in total. The Kier molecular flexibility index (Phi) is 2.95. The van der Waals surface area contributed by atoms with Gasteiger partial charge in [0.1, 0.15) is 5.60 Å². The van der Waals surface area contributed by atoms with Gasteiger partial charge in [0.25, 0.3) is 0 Å². The number of methoxy groups -OCH3 is 1. The summed E-state index contributed by atoms with van der Waals surface area (Å²) >= 11 is 0. The highest BCUT2D eigenvalue weighted by Gasteiger charge is 2.24. The molecule has 16 heavy (non-hydrogen) atoms. The Hall–Kier alpha value is -1.38. The molecule has 2 nitrogen and oxygen atoms in total. The third kappa shape index (κ3) is 1.82. The maximum atomic E-state index is 5.77. The van der Waals surface area contributed by atoms with Crippen LogP contribution in [0.25, 0.3) is 10.8 Å². The number of hydrogen-bond acceptors (Lipinski definition) is 2. The van der Waals surface area contributed by atoms with Gasteiger partial charge in [-0.25, -0.2) is 0 Å². The monoisotopic (exact) mass is 215 g/mol. The first kappa shape index (κ1) is 11.1. The van der Waals surface area contributed by atoms with Crippen LogP contribution in [0.3, 0.4) is 0 Å². The van der Waals surface area contributed by atoms with Crippen LogP contribution in [0.1, 0.15) is 12.5 Å². The van der Waals surface area contributed by atoms with Crippen LogP contribution in [0.5, 0.6) is 0 Å². The molecule has 2 aromatic rings. The zero-order chi connectivity index (χ0) is 11.6. The molecule has 0 heterocycles. The van der Waals surface area contributed by atoms with Gasteiger partial charge in [0.2, 0.25) is 0 Å². The van der Waals surface area contributed by atoms with Gasteiger partial charge in [-0.2, -0.15) is 0 Å². The summed E-state index contributed by atoms with van der Waals surface area (Å²) in [6.45, 7) is 2.49. The van der Waals surface area contributed by atoms with Crippen LogP contribution < -0.4 is 5.73 Å². The molecule has 0 aliphatic carbocycles. The van der Waals surface area contributed by atoms with E-state index in [1.165, 1.54) is 10.8 Å². The third-order valence-electron chi connectivity index (χ3n) is 3.20. The first-order valence-electron chi connectivity index (χ1n) is 5.44. The Morgan fingerprint density at radius 1 is 1.12 bits per heavy atom. The van der Waals surface area contributed by atoms with Gasteiger partial charge in [0.15, 0.2) is 0 Å². The summed E-state index contributed by atoms with van der Waals surface area (Å²) < 4.78 is 5.50. The molecule has 0 aliphatic heterocycles. The molecular formula is C14H17NO. The second-order valence-electron chi connectivity index (χ2n) is 4.20. The number of nitrogens with two attached hydrogens (primary N) is 1. The fraction of sp³-hybridized carbons (Fsp3) is 0.286. The van der Waals surface area contributed by atoms with Crippen molar-refractivity contribution in [3.05, 3.63) is 48.0 Å². The molecule has 1 unspecified atom stereocenters. The molecule has 0 bridgehead atoms. The van der Waals surface area contributed by atoms with Crippen LogP contribution >= 0.6 is 0 Å². The summed E-state index contributed by atoms with van der Waals surface area (Å²) in [5, 5.41) is 2.46. The van der Waals surface area contributed by atoms with E-state index >= 15 is 0 Å². The van der Waals surface area contributed by atoms with Crippen molar-refractivity contribution in [2.45, 2.75) is 12.5 Å². The normalized spacial score (nSPS) is 14.9. The van der Waals surface area contributed by atoms with Crippen molar-refractivity contribution in [1.29, 1.82) is 0 Å². The van der Waals surface area contributed by atoms with Gasteiger partial charge in [0.05, 0.1) is 0 Å². The smallest absolute Gasteiger partial charge is 0.102 e. The Balaban J connectivity index is 2.54. The average Bonchev–Trinajstić information content (AvgIpc) is 2.37. The van der Waals surface area contributed by atoms with E-state index in [-0.39, 0.29) is 0 Å². The lowest BCUT2D eigenvalue weighted by atomic mass is 9.93. The minimum Gasteiger partial charge on any atom is -0.372 e. The average molecular weight is 215 g/mol. The summed E-state index contributed by atoms with van der Waals surface area (Å²) in [6, 6.07) is 14.6. The summed E-state index contributed by atoms with van der Waals surface area (Å²) in [6.07, 6.45) is 0. The van der Waals surface area contributed by atoms with E-state index < -0.39 is 5.60 Å². The molecule has 2 rings (SSSR count). The van der Waals surface area contributed by atoms with E-state index in [2.05, 4.69) is 30.3 Å². The maximum Gasteiger partial charge on any atom is 0.102 e. The van der Waals surface area contributed by atoms with Gasteiger partial charge in [-0.15, -0.1) is 0 Å². The van der Waals surface area contributed by atoms with Crippen molar-refractivity contribution in [3.8, 4) is 0 Å². The highest BCUT2D eigenvalue weighted by atomic mass is 16.5. The van der Waals surface area contributed by atoms with Crippen molar-refractivity contribution >= 4 is 10.8 Å². The van der Waals surface area contributed by atoms with Crippen LogP contribution in [0, 0.1) is 0 Å². The standard InChI is InChI=1S/C14H17NO/c1-14(10-15,16-2)13-8-7-11-5-3-4-6-12(11)9-13/h3-9H,10,15H2,1-2H3. The summed E-state index contributed by atoms with van der Waals surface area (Å²) in [7, 11) is 1.70. The second-order valence-corrected chi connectivity index (χ2v) is 4.20. The van der Waals surface area contributed by atoms with Gasteiger partial charge in [0, 0.05) is 13.7 Å². The largest absolute Gasteiger partial charge is 0.372 e. The zero-order valence-electron chi connectivity index (χ0n) is 9.73. The number of rotatable bonds is 3. The van der Waals surface area contributed by atoms with Crippen LogP contribution in [-0.2, 0) is 10.3 Å². The Morgan fingerprint density at radius 2 is 1.81 bits per heavy atom. The minimum atomic E-state index is -0.399. The minimum absolute atomic E-state index is 0.399. The first-order valence-corrected chi connectivity index (χ1v) is 5.44. The summed E-state index contributed by atoms with van der Waals surface area (Å²) in [5.41, 5.74) is 6.49. The lowest BCUT2D eigenvalue weighted by molar-refractivity contribution is 0.0102. The fourth-order valence-electron chi connectivity index (χ4n) is 1.84. The topological polar surface area (TPSA) is 35.2 Å². The van der Waals surface area contributed by atoms with Crippen LogP contribution in [0.2, 0.25) is 0 Å². The van der Waals surface area contributed by atoms with E-state index in [1.54, 1.807) is 7.11 Å². The lowest BCUT2D eigenvalue weighted by Crippen LogP contribution is -2.33. The highest BCUT2D eigenvalue weighted by molar-refractivity contribution is 5.83. The molecule has 0 amide bonds. The quantitative estimate of drug-likeness (QED) is 0.854. The van der Waals surface area contributed by atoms with Crippen molar-refractivity contribution in [2.24, 2.45) is 5.73 Å². The molecule has 1 atom stereocenters. The van der Waals surface area contributed by atoms with Crippen LogP contribution in [0.4, 0.5) is 0 Å². The predicted molar refractivity (Wildman–Crippen MR) is 67.4 cm³/mol. The van der Waals surface area contributed by atoms with E-state index in [4.69, 9.17) is 10.5 Å². The molecule has 0 spiro atoms. The highest BCUT2D eigenvalue weighted by Crippen LogP contribution is 2.26.